The molecule has 0 fully saturated rings. The number of aromatic amines is 3. The lowest BCUT2D eigenvalue weighted by molar-refractivity contribution is 0.414. The quantitative estimate of drug-likeness (QED) is 0.534. The molecule has 3 heterocycles. The number of methoxy groups -OCH3 is 1. The number of H-pyrrole nitrogens is 3. The van der Waals surface area contributed by atoms with Crippen molar-refractivity contribution in [2.75, 3.05) is 7.11 Å². The van der Waals surface area contributed by atoms with Crippen molar-refractivity contribution in [3.05, 3.63) is 64.9 Å². The van der Waals surface area contributed by atoms with Crippen molar-refractivity contribution in [2.45, 2.75) is 6.92 Å². The number of hydrogen-bond donors (Lipinski definition) is 3. The van der Waals surface area contributed by atoms with Gasteiger partial charge in [-0.1, -0.05) is 24.3 Å². The van der Waals surface area contributed by atoms with Gasteiger partial charge in [-0.05, 0) is 37.3 Å². The van der Waals surface area contributed by atoms with Gasteiger partial charge in [0.25, 0.3) is 0 Å². The topological polar surface area (TPSA) is 56.6 Å². The molecular formula is C20H19N3O. The van der Waals surface area contributed by atoms with Crippen molar-refractivity contribution < 1.29 is 4.74 Å². The molecule has 0 spiro atoms. The highest BCUT2D eigenvalue weighted by atomic mass is 16.5. The van der Waals surface area contributed by atoms with Gasteiger partial charge in [-0.15, -0.1) is 0 Å². The van der Waals surface area contributed by atoms with Crippen LogP contribution in [0.1, 0.15) is 12.6 Å². The molecule has 24 heavy (non-hydrogen) atoms. The van der Waals surface area contributed by atoms with Gasteiger partial charge in [0.1, 0.15) is 5.75 Å². The van der Waals surface area contributed by atoms with E-state index in [1.165, 1.54) is 5.39 Å². The standard InChI is InChI=1S/C20H19N3O/c1-3-14-8-9-15(21-14)11-19-20(24-2)12-18(23-19)17-10-13-6-4-5-7-16(13)22-17/h3-12,21-23H,1-2H3. The van der Waals surface area contributed by atoms with Gasteiger partial charge in [0.05, 0.1) is 24.2 Å². The Bertz CT molecular complexity index is 1080. The minimum atomic E-state index is 0.820. The zero-order chi connectivity index (χ0) is 16.5. The van der Waals surface area contributed by atoms with E-state index in [0.29, 0.717) is 0 Å². The van der Waals surface area contributed by atoms with Gasteiger partial charge in [-0.2, -0.15) is 0 Å². The maximum atomic E-state index is 5.53. The van der Waals surface area contributed by atoms with Crippen molar-refractivity contribution >= 4 is 23.1 Å². The molecule has 1 aromatic carbocycles. The zero-order valence-corrected chi connectivity index (χ0v) is 13.7. The smallest absolute Gasteiger partial charge is 0.144 e. The zero-order valence-electron chi connectivity index (χ0n) is 13.7. The molecule has 0 radical (unpaired) electrons. The molecule has 0 saturated heterocycles. The fraction of sp³-hybridized carbons (Fsp3) is 0.100. The predicted molar refractivity (Wildman–Crippen MR) is 98.4 cm³/mol. The van der Waals surface area contributed by atoms with Crippen molar-refractivity contribution in [3.8, 4) is 17.1 Å². The van der Waals surface area contributed by atoms with Gasteiger partial charge in [0.2, 0.25) is 0 Å². The van der Waals surface area contributed by atoms with E-state index in [0.717, 1.165) is 39.0 Å². The van der Waals surface area contributed by atoms with Gasteiger partial charge in [0, 0.05) is 27.7 Å². The third-order valence-electron chi connectivity index (χ3n) is 4.19. The van der Waals surface area contributed by atoms with E-state index < -0.39 is 0 Å². The third-order valence-corrected chi connectivity index (χ3v) is 4.19. The number of aromatic nitrogens is 3. The van der Waals surface area contributed by atoms with Gasteiger partial charge in [-0.25, -0.2) is 0 Å². The summed E-state index contributed by atoms with van der Waals surface area (Å²) < 4.78 is 5.53. The molecule has 0 amide bonds. The number of rotatable bonds is 3. The van der Waals surface area contributed by atoms with Crippen LogP contribution in [0.4, 0.5) is 0 Å². The largest absolute Gasteiger partial charge is 0.494 e. The van der Waals surface area contributed by atoms with Gasteiger partial charge >= 0.3 is 0 Å². The summed E-state index contributed by atoms with van der Waals surface area (Å²) in [4.78, 5) is 10.2. The molecule has 3 N–H and O–H groups in total. The Labute approximate surface area is 139 Å². The predicted octanol–water partition coefficient (Wildman–Crippen LogP) is 3.13. The molecule has 0 bridgehead atoms. The average molecular weight is 317 g/mol. The molecule has 0 saturated carbocycles. The molecule has 0 atom stereocenters. The first kappa shape index (κ1) is 14.5. The summed E-state index contributed by atoms with van der Waals surface area (Å²) in [6, 6.07) is 16.5. The molecular weight excluding hydrogens is 298 g/mol. The number of fused-ring (bicyclic) bond motifs is 1. The van der Waals surface area contributed by atoms with Crippen LogP contribution >= 0.6 is 0 Å². The Hall–Kier alpha value is -3.14. The molecule has 0 aliphatic carbocycles. The van der Waals surface area contributed by atoms with Crippen LogP contribution in [0.25, 0.3) is 34.4 Å². The molecule has 4 rings (SSSR count). The molecule has 4 heteroatoms. The van der Waals surface area contributed by atoms with Crippen LogP contribution < -0.4 is 15.4 Å². The summed E-state index contributed by atoms with van der Waals surface area (Å²) in [7, 11) is 1.69. The summed E-state index contributed by atoms with van der Waals surface area (Å²) in [5.41, 5.74) is 4.11. The van der Waals surface area contributed by atoms with Crippen molar-refractivity contribution in [2.24, 2.45) is 0 Å². The maximum absolute atomic E-state index is 5.53. The SMILES string of the molecule is CC=c1ccc(=Cc2[nH]c(-c3cc4ccccc4[nH]3)cc2OC)[nH]1. The molecule has 4 aromatic rings. The van der Waals surface area contributed by atoms with Crippen molar-refractivity contribution in [1.82, 2.24) is 15.0 Å². The maximum Gasteiger partial charge on any atom is 0.144 e. The molecule has 0 aliphatic heterocycles. The van der Waals surface area contributed by atoms with Crippen LogP contribution in [-0.2, 0) is 0 Å². The fourth-order valence-corrected chi connectivity index (χ4v) is 2.93. The highest BCUT2D eigenvalue weighted by Gasteiger charge is 2.10. The Morgan fingerprint density at radius 1 is 0.875 bits per heavy atom. The second-order valence-corrected chi connectivity index (χ2v) is 5.74. The highest BCUT2D eigenvalue weighted by Crippen LogP contribution is 2.29. The van der Waals surface area contributed by atoms with E-state index in [2.05, 4.69) is 51.4 Å². The van der Waals surface area contributed by atoms with Crippen LogP contribution in [0.3, 0.4) is 0 Å². The monoisotopic (exact) mass is 317 g/mol. The first-order chi connectivity index (χ1) is 11.8. The Balaban J connectivity index is 1.81. The van der Waals surface area contributed by atoms with Crippen molar-refractivity contribution in [3.63, 3.8) is 0 Å². The fourth-order valence-electron chi connectivity index (χ4n) is 2.93. The summed E-state index contributed by atoms with van der Waals surface area (Å²) >= 11 is 0. The summed E-state index contributed by atoms with van der Waals surface area (Å²) in [6.45, 7) is 2.01. The van der Waals surface area contributed by atoms with Crippen LogP contribution in [0.5, 0.6) is 5.75 Å². The lowest BCUT2D eigenvalue weighted by Gasteiger charge is -1.95. The Morgan fingerprint density at radius 3 is 2.42 bits per heavy atom. The number of nitrogens with one attached hydrogen (secondary N) is 3. The summed E-state index contributed by atoms with van der Waals surface area (Å²) in [5, 5.41) is 3.33. The molecule has 120 valence electrons. The van der Waals surface area contributed by atoms with Crippen LogP contribution in [-0.4, -0.2) is 22.1 Å². The number of benzene rings is 1. The molecule has 3 aromatic heterocycles. The number of para-hydroxylation sites is 1. The first-order valence-corrected chi connectivity index (χ1v) is 7.95. The normalized spacial score (nSPS) is 13.1. The third kappa shape index (κ3) is 2.52. The van der Waals surface area contributed by atoms with Crippen LogP contribution in [0.15, 0.2) is 48.5 Å². The highest BCUT2D eigenvalue weighted by molar-refractivity contribution is 5.85. The van der Waals surface area contributed by atoms with E-state index in [4.69, 9.17) is 4.74 Å². The van der Waals surface area contributed by atoms with Crippen LogP contribution in [0, 0.1) is 0 Å². The minimum Gasteiger partial charge on any atom is -0.494 e. The van der Waals surface area contributed by atoms with E-state index >= 15 is 0 Å². The average Bonchev–Trinajstić information content (AvgIpc) is 3.32. The van der Waals surface area contributed by atoms with Crippen LogP contribution in [0.2, 0.25) is 0 Å². The number of ether oxygens (including phenoxy) is 1. The lowest BCUT2D eigenvalue weighted by Crippen LogP contribution is -2.08. The summed E-state index contributed by atoms with van der Waals surface area (Å²) in [5.74, 6) is 0.820. The molecule has 0 aliphatic rings. The second kappa shape index (κ2) is 5.81. The minimum absolute atomic E-state index is 0.820. The second-order valence-electron chi connectivity index (χ2n) is 5.74. The van der Waals surface area contributed by atoms with E-state index in [1.54, 1.807) is 7.11 Å². The van der Waals surface area contributed by atoms with E-state index in [1.807, 2.05) is 31.2 Å². The molecule has 4 nitrogen and oxygen atoms in total. The van der Waals surface area contributed by atoms with E-state index in [9.17, 15) is 0 Å². The first-order valence-electron chi connectivity index (χ1n) is 7.95. The van der Waals surface area contributed by atoms with E-state index in [-0.39, 0.29) is 0 Å². The lowest BCUT2D eigenvalue weighted by atomic mass is 10.2. The van der Waals surface area contributed by atoms with Gasteiger partial charge in [-0.3, -0.25) is 0 Å². The Kier molecular flexibility index (Phi) is 3.50. The van der Waals surface area contributed by atoms with Gasteiger partial charge < -0.3 is 19.7 Å². The summed E-state index contributed by atoms with van der Waals surface area (Å²) in [6.07, 6.45) is 4.09. The molecule has 0 unspecified atom stereocenters. The van der Waals surface area contributed by atoms with Gasteiger partial charge in [0.15, 0.2) is 0 Å². The Morgan fingerprint density at radius 2 is 1.67 bits per heavy atom. The van der Waals surface area contributed by atoms with Crippen molar-refractivity contribution in [1.29, 1.82) is 0 Å². The number of hydrogen-bond acceptors (Lipinski definition) is 1.